The van der Waals surface area contributed by atoms with E-state index < -0.39 is 0 Å². The van der Waals surface area contributed by atoms with Crippen molar-refractivity contribution in [2.75, 3.05) is 18.6 Å². The van der Waals surface area contributed by atoms with Gasteiger partial charge in [0.25, 0.3) is 0 Å². The largest absolute Gasteiger partial charge is 0.350 e. The molecule has 3 heteroatoms. The molecule has 2 nitrogen and oxygen atoms in total. The van der Waals surface area contributed by atoms with Crippen LogP contribution in [0.15, 0.2) is 18.3 Å². The van der Waals surface area contributed by atoms with Gasteiger partial charge in [0.05, 0.1) is 0 Å². The van der Waals surface area contributed by atoms with Gasteiger partial charge in [-0.3, -0.25) is 0 Å². The highest BCUT2D eigenvalue weighted by Gasteiger charge is 1.98. The minimum absolute atomic E-state index is 1.01. The highest BCUT2D eigenvalue weighted by Crippen LogP contribution is 2.04. The van der Waals surface area contributed by atoms with Crippen LogP contribution in [0, 0.1) is 0 Å². The lowest BCUT2D eigenvalue weighted by molar-refractivity contribution is 0.578. The van der Waals surface area contributed by atoms with Crippen molar-refractivity contribution in [2.24, 2.45) is 0 Å². The van der Waals surface area contributed by atoms with Gasteiger partial charge in [-0.05, 0) is 49.9 Å². The Balaban J connectivity index is 2.07. The monoisotopic (exact) mass is 254 g/mol. The van der Waals surface area contributed by atoms with Crippen molar-refractivity contribution in [1.29, 1.82) is 0 Å². The van der Waals surface area contributed by atoms with Crippen molar-refractivity contribution < 1.29 is 0 Å². The van der Waals surface area contributed by atoms with Gasteiger partial charge in [0, 0.05) is 25.0 Å². The summed E-state index contributed by atoms with van der Waals surface area (Å²) in [7, 11) is 0. The standard InChI is InChI=1S/C14H26N2S/c1-3-10-16-11-7-8-14(16)13-15-9-5-4-6-12-17-2/h7-8,11,15H,3-6,9-10,12-13H2,1-2H3. The molecule has 0 aromatic carbocycles. The fourth-order valence-electron chi connectivity index (χ4n) is 1.96. The summed E-state index contributed by atoms with van der Waals surface area (Å²) in [6, 6.07) is 4.36. The molecule has 0 saturated heterocycles. The van der Waals surface area contributed by atoms with E-state index in [2.05, 4.69) is 41.4 Å². The van der Waals surface area contributed by atoms with Crippen LogP contribution in [0.5, 0.6) is 0 Å². The fraction of sp³-hybridized carbons (Fsp3) is 0.714. The van der Waals surface area contributed by atoms with E-state index in [0.29, 0.717) is 0 Å². The van der Waals surface area contributed by atoms with E-state index in [1.54, 1.807) is 0 Å². The first kappa shape index (κ1) is 14.7. The maximum atomic E-state index is 3.54. The van der Waals surface area contributed by atoms with Crippen LogP contribution in [0.4, 0.5) is 0 Å². The number of hydrogen-bond acceptors (Lipinski definition) is 2. The predicted molar refractivity (Wildman–Crippen MR) is 78.7 cm³/mol. The lowest BCUT2D eigenvalue weighted by Crippen LogP contribution is -2.17. The molecule has 1 aromatic heterocycles. The molecule has 1 aromatic rings. The zero-order chi connectivity index (χ0) is 12.3. The van der Waals surface area contributed by atoms with E-state index in [-0.39, 0.29) is 0 Å². The minimum atomic E-state index is 1.01. The Bertz CT molecular complexity index is 284. The van der Waals surface area contributed by atoms with Crippen LogP contribution in [0.2, 0.25) is 0 Å². The van der Waals surface area contributed by atoms with Crippen molar-refractivity contribution >= 4 is 11.8 Å². The third-order valence-corrected chi connectivity index (χ3v) is 3.59. The maximum Gasteiger partial charge on any atom is 0.0359 e. The number of nitrogens with zero attached hydrogens (tertiary/aromatic N) is 1. The molecule has 0 spiro atoms. The molecule has 0 aliphatic heterocycles. The molecule has 0 aliphatic carbocycles. The number of aryl methyl sites for hydroxylation is 1. The normalized spacial score (nSPS) is 10.9. The SMILES string of the molecule is CCCn1cccc1CNCCCCCSC. The summed E-state index contributed by atoms with van der Waals surface area (Å²) in [6.07, 6.45) is 9.57. The lowest BCUT2D eigenvalue weighted by Gasteiger charge is -2.09. The van der Waals surface area contributed by atoms with E-state index in [0.717, 1.165) is 19.6 Å². The number of hydrogen-bond donors (Lipinski definition) is 1. The summed E-state index contributed by atoms with van der Waals surface area (Å²) >= 11 is 1.95. The minimum Gasteiger partial charge on any atom is -0.350 e. The highest BCUT2D eigenvalue weighted by atomic mass is 32.2. The zero-order valence-corrected chi connectivity index (χ0v) is 12.1. The van der Waals surface area contributed by atoms with Crippen molar-refractivity contribution in [3.8, 4) is 0 Å². The second kappa shape index (κ2) is 9.60. The van der Waals surface area contributed by atoms with Gasteiger partial charge in [-0.15, -0.1) is 0 Å². The van der Waals surface area contributed by atoms with Gasteiger partial charge in [-0.1, -0.05) is 13.3 Å². The molecule has 1 rings (SSSR count). The summed E-state index contributed by atoms with van der Waals surface area (Å²) < 4.78 is 2.35. The topological polar surface area (TPSA) is 17.0 Å². The molecule has 0 bridgehead atoms. The van der Waals surface area contributed by atoms with E-state index in [1.165, 1.54) is 37.1 Å². The summed E-state index contributed by atoms with van der Waals surface area (Å²) in [5.41, 5.74) is 1.41. The van der Waals surface area contributed by atoms with Crippen molar-refractivity contribution in [3.05, 3.63) is 24.0 Å². The summed E-state index contributed by atoms with van der Waals surface area (Å²) in [5, 5.41) is 3.54. The van der Waals surface area contributed by atoms with Crippen molar-refractivity contribution in [2.45, 2.75) is 45.7 Å². The molecule has 0 fully saturated rings. The van der Waals surface area contributed by atoms with Gasteiger partial charge in [0.15, 0.2) is 0 Å². The summed E-state index contributed by atoms with van der Waals surface area (Å²) in [4.78, 5) is 0. The molecular weight excluding hydrogens is 228 g/mol. The number of rotatable bonds is 10. The number of nitrogens with one attached hydrogen (secondary N) is 1. The second-order valence-electron chi connectivity index (χ2n) is 4.42. The molecule has 0 saturated carbocycles. The molecular formula is C14H26N2S. The fourth-order valence-corrected chi connectivity index (χ4v) is 2.45. The Morgan fingerprint density at radius 2 is 2.18 bits per heavy atom. The Morgan fingerprint density at radius 3 is 2.94 bits per heavy atom. The maximum absolute atomic E-state index is 3.54. The number of thioether (sulfide) groups is 1. The third-order valence-electron chi connectivity index (χ3n) is 2.90. The van der Waals surface area contributed by atoms with Crippen LogP contribution in [-0.4, -0.2) is 23.1 Å². The highest BCUT2D eigenvalue weighted by molar-refractivity contribution is 7.98. The molecule has 0 radical (unpaired) electrons. The van der Waals surface area contributed by atoms with Crippen LogP contribution in [0.1, 0.15) is 38.3 Å². The van der Waals surface area contributed by atoms with Gasteiger partial charge in [0.1, 0.15) is 0 Å². The first-order valence-electron chi connectivity index (χ1n) is 6.72. The molecule has 0 unspecified atom stereocenters. The Kier molecular flexibility index (Phi) is 8.28. The van der Waals surface area contributed by atoms with Gasteiger partial charge >= 0.3 is 0 Å². The molecule has 0 amide bonds. The smallest absolute Gasteiger partial charge is 0.0359 e. The average molecular weight is 254 g/mol. The Morgan fingerprint density at radius 1 is 1.29 bits per heavy atom. The summed E-state index contributed by atoms with van der Waals surface area (Å²) in [5.74, 6) is 1.30. The van der Waals surface area contributed by atoms with Gasteiger partial charge in [0.2, 0.25) is 0 Å². The second-order valence-corrected chi connectivity index (χ2v) is 5.41. The zero-order valence-electron chi connectivity index (χ0n) is 11.2. The average Bonchev–Trinajstić information content (AvgIpc) is 2.76. The molecule has 98 valence electrons. The van der Waals surface area contributed by atoms with Crippen LogP contribution < -0.4 is 5.32 Å². The first-order valence-corrected chi connectivity index (χ1v) is 8.11. The molecule has 1 N–H and O–H groups in total. The number of unbranched alkanes of at least 4 members (excludes halogenated alkanes) is 2. The van der Waals surface area contributed by atoms with Crippen LogP contribution >= 0.6 is 11.8 Å². The quantitative estimate of drug-likeness (QED) is 0.643. The van der Waals surface area contributed by atoms with E-state index >= 15 is 0 Å². The van der Waals surface area contributed by atoms with E-state index in [4.69, 9.17) is 0 Å². The molecule has 1 heterocycles. The first-order chi connectivity index (χ1) is 8.38. The van der Waals surface area contributed by atoms with Crippen LogP contribution in [0.3, 0.4) is 0 Å². The van der Waals surface area contributed by atoms with Crippen LogP contribution in [0.25, 0.3) is 0 Å². The Hall–Kier alpha value is -0.410. The molecule has 0 atom stereocenters. The van der Waals surface area contributed by atoms with Crippen molar-refractivity contribution in [3.63, 3.8) is 0 Å². The van der Waals surface area contributed by atoms with Gasteiger partial charge < -0.3 is 9.88 Å². The molecule has 0 aliphatic rings. The lowest BCUT2D eigenvalue weighted by atomic mass is 10.2. The van der Waals surface area contributed by atoms with Gasteiger partial charge in [-0.25, -0.2) is 0 Å². The Labute approximate surface area is 110 Å². The van der Waals surface area contributed by atoms with E-state index in [9.17, 15) is 0 Å². The number of aromatic nitrogens is 1. The van der Waals surface area contributed by atoms with Gasteiger partial charge in [-0.2, -0.15) is 11.8 Å². The van der Waals surface area contributed by atoms with Crippen molar-refractivity contribution in [1.82, 2.24) is 9.88 Å². The summed E-state index contributed by atoms with van der Waals surface area (Å²) in [6.45, 7) is 5.52. The molecule has 17 heavy (non-hydrogen) atoms. The third kappa shape index (κ3) is 6.18. The van der Waals surface area contributed by atoms with Crippen LogP contribution in [-0.2, 0) is 13.1 Å². The van der Waals surface area contributed by atoms with E-state index in [1.807, 2.05) is 11.8 Å². The predicted octanol–water partition coefficient (Wildman–Crippen LogP) is 3.52.